The zero-order valence-corrected chi connectivity index (χ0v) is 24.5. The number of unbranched alkanes of at least 4 members (excludes halogenated alkanes) is 23. The Kier molecular flexibility index (Phi) is 25.9. The highest BCUT2D eigenvalue weighted by atomic mass is 16.5. The molecule has 0 spiro atoms. The largest absolute Gasteiger partial charge is 0.633 e. The summed E-state index contributed by atoms with van der Waals surface area (Å²) in [5, 5.41) is 12.6. The van der Waals surface area contributed by atoms with Gasteiger partial charge in [0.1, 0.15) is 0 Å². The first kappa shape index (κ1) is 33.9. The van der Waals surface area contributed by atoms with Crippen molar-refractivity contribution in [2.24, 2.45) is 0 Å². The molecule has 1 atom stereocenters. The van der Waals surface area contributed by atoms with Crippen LogP contribution in [0.3, 0.4) is 0 Å². The minimum atomic E-state index is -0.0871. The van der Waals surface area contributed by atoms with Gasteiger partial charge in [-0.25, -0.2) is 0 Å². The van der Waals surface area contributed by atoms with Crippen molar-refractivity contribution in [3.63, 3.8) is 0 Å². The lowest BCUT2D eigenvalue weighted by atomic mass is 9.98. The first-order valence-electron chi connectivity index (χ1n) is 16.1. The molecule has 0 radical (unpaired) electrons. The Bertz CT molecular complexity index is 376. The first-order chi connectivity index (χ1) is 16.5. The van der Waals surface area contributed by atoms with E-state index in [-0.39, 0.29) is 4.65 Å². The molecule has 0 fully saturated rings. The van der Waals surface area contributed by atoms with Crippen LogP contribution in [-0.4, -0.2) is 24.8 Å². The average Bonchev–Trinajstić information content (AvgIpc) is 2.80. The molecule has 0 saturated heterocycles. The third-order valence-corrected chi connectivity index (χ3v) is 7.91. The van der Waals surface area contributed by atoms with Gasteiger partial charge in [0.2, 0.25) is 0 Å². The summed E-state index contributed by atoms with van der Waals surface area (Å²) in [5.74, 6) is 0. The monoisotopic (exact) mass is 482 g/mol. The Hall–Kier alpha value is -0.0800. The molecular formula is C32H67NO. The smallest absolute Gasteiger partial charge is 0.0883 e. The highest BCUT2D eigenvalue weighted by Crippen LogP contribution is 2.21. The Morgan fingerprint density at radius 3 is 0.794 bits per heavy atom. The predicted octanol–water partition coefficient (Wildman–Crippen LogP) is 11.5. The molecule has 0 aliphatic rings. The first-order valence-corrected chi connectivity index (χ1v) is 16.1. The maximum absolute atomic E-state index is 12.6. The number of hydrogen-bond donors (Lipinski definition) is 0. The van der Waals surface area contributed by atoms with Crippen LogP contribution in [0.2, 0.25) is 0 Å². The number of hydrogen-bond acceptors (Lipinski definition) is 1. The van der Waals surface area contributed by atoms with Gasteiger partial charge in [0.15, 0.2) is 0 Å². The van der Waals surface area contributed by atoms with Crippen molar-refractivity contribution in [2.45, 2.75) is 193 Å². The van der Waals surface area contributed by atoms with E-state index in [0.29, 0.717) is 6.04 Å². The topological polar surface area (TPSA) is 23.1 Å². The second kappa shape index (κ2) is 26.0. The molecule has 0 aliphatic carbocycles. The van der Waals surface area contributed by atoms with Crippen LogP contribution in [0, 0.1) is 5.21 Å². The van der Waals surface area contributed by atoms with Crippen LogP contribution in [0.5, 0.6) is 0 Å². The SMILES string of the molecule is CCCCCCCCCCCCCCCCC(CCCCCCCCCCCCC)[N+](C)(C)[O-]. The Labute approximate surface area is 217 Å². The van der Waals surface area contributed by atoms with Crippen LogP contribution in [0.4, 0.5) is 0 Å². The molecule has 0 heterocycles. The lowest BCUT2D eigenvalue weighted by molar-refractivity contribution is -0.867. The number of hydroxylamine groups is 3. The van der Waals surface area contributed by atoms with Gasteiger partial charge in [-0.15, -0.1) is 0 Å². The van der Waals surface area contributed by atoms with Crippen LogP contribution < -0.4 is 0 Å². The van der Waals surface area contributed by atoms with Crippen molar-refractivity contribution in [1.29, 1.82) is 0 Å². The molecule has 0 aromatic carbocycles. The summed E-state index contributed by atoms with van der Waals surface area (Å²) in [4.78, 5) is 0. The van der Waals surface area contributed by atoms with Crippen molar-refractivity contribution in [1.82, 2.24) is 0 Å². The van der Waals surface area contributed by atoms with Gasteiger partial charge in [0.05, 0.1) is 20.1 Å². The fourth-order valence-electron chi connectivity index (χ4n) is 5.38. The standard InChI is InChI=1S/C32H67NO/c1-5-7-9-11-13-15-17-18-19-21-23-25-27-29-31-32(33(3,4)34)30-28-26-24-22-20-16-14-12-10-8-6-2/h32H,5-31H2,1-4H3. The van der Waals surface area contributed by atoms with Gasteiger partial charge < -0.3 is 9.85 Å². The normalized spacial score (nSPS) is 13.0. The lowest BCUT2D eigenvalue weighted by Gasteiger charge is -2.42. The van der Waals surface area contributed by atoms with Gasteiger partial charge in [0.25, 0.3) is 0 Å². The third kappa shape index (κ3) is 25.0. The van der Waals surface area contributed by atoms with Gasteiger partial charge in [-0.3, -0.25) is 0 Å². The number of rotatable bonds is 28. The third-order valence-electron chi connectivity index (χ3n) is 7.91. The fraction of sp³-hybridized carbons (Fsp3) is 1.00. The molecule has 0 amide bonds. The van der Waals surface area contributed by atoms with Crippen molar-refractivity contribution in [2.75, 3.05) is 14.1 Å². The summed E-state index contributed by atoms with van der Waals surface area (Å²) in [6, 6.07) is 0.316. The maximum Gasteiger partial charge on any atom is 0.0883 e. The Morgan fingerprint density at radius 2 is 0.588 bits per heavy atom. The summed E-state index contributed by atoms with van der Waals surface area (Å²) in [5.41, 5.74) is 0. The van der Waals surface area contributed by atoms with E-state index in [1.54, 1.807) is 0 Å². The van der Waals surface area contributed by atoms with E-state index < -0.39 is 0 Å². The highest BCUT2D eigenvalue weighted by molar-refractivity contribution is 4.62. The number of nitrogens with zero attached hydrogens (tertiary/aromatic N) is 1. The van der Waals surface area contributed by atoms with Crippen molar-refractivity contribution < 1.29 is 4.65 Å². The lowest BCUT2D eigenvalue weighted by Crippen LogP contribution is -2.43. The minimum absolute atomic E-state index is 0.0871. The van der Waals surface area contributed by atoms with Crippen LogP contribution in [0.1, 0.15) is 187 Å². The molecule has 2 nitrogen and oxygen atoms in total. The maximum atomic E-state index is 12.6. The average molecular weight is 482 g/mol. The quantitative estimate of drug-likeness (QED) is 0.0618. The summed E-state index contributed by atoms with van der Waals surface area (Å²) in [7, 11) is 3.74. The van der Waals surface area contributed by atoms with E-state index in [1.165, 1.54) is 161 Å². The second-order valence-corrected chi connectivity index (χ2v) is 11.8. The molecule has 0 aromatic rings. The molecule has 2 heteroatoms. The van der Waals surface area contributed by atoms with Crippen molar-refractivity contribution in [3.05, 3.63) is 5.21 Å². The van der Waals surface area contributed by atoms with E-state index in [2.05, 4.69) is 13.8 Å². The van der Waals surface area contributed by atoms with E-state index >= 15 is 0 Å². The molecule has 34 heavy (non-hydrogen) atoms. The molecule has 206 valence electrons. The number of quaternary nitrogens is 1. The summed E-state index contributed by atoms with van der Waals surface area (Å²) < 4.78 is -0.0871. The van der Waals surface area contributed by atoms with Gasteiger partial charge in [-0.2, -0.15) is 0 Å². The zero-order chi connectivity index (χ0) is 25.2. The van der Waals surface area contributed by atoms with Gasteiger partial charge in [-0.05, 0) is 25.7 Å². The van der Waals surface area contributed by atoms with Gasteiger partial charge in [-0.1, -0.05) is 162 Å². The summed E-state index contributed by atoms with van der Waals surface area (Å²) >= 11 is 0. The van der Waals surface area contributed by atoms with Gasteiger partial charge >= 0.3 is 0 Å². The van der Waals surface area contributed by atoms with Crippen LogP contribution in [-0.2, 0) is 0 Å². The van der Waals surface area contributed by atoms with E-state index in [4.69, 9.17) is 0 Å². The van der Waals surface area contributed by atoms with E-state index in [1.807, 2.05) is 14.1 Å². The van der Waals surface area contributed by atoms with Crippen molar-refractivity contribution >= 4 is 0 Å². The zero-order valence-electron chi connectivity index (χ0n) is 24.5. The molecule has 0 aliphatic heterocycles. The summed E-state index contributed by atoms with van der Waals surface area (Å²) in [6.07, 6.45) is 37.2. The second-order valence-electron chi connectivity index (χ2n) is 11.8. The molecule has 1 unspecified atom stereocenters. The Balaban J connectivity index is 3.54. The van der Waals surface area contributed by atoms with Gasteiger partial charge in [0, 0.05) is 0 Å². The Morgan fingerprint density at radius 1 is 0.382 bits per heavy atom. The highest BCUT2D eigenvalue weighted by Gasteiger charge is 2.19. The van der Waals surface area contributed by atoms with E-state index in [0.717, 1.165) is 12.8 Å². The van der Waals surface area contributed by atoms with Crippen molar-refractivity contribution in [3.8, 4) is 0 Å². The van der Waals surface area contributed by atoms with Crippen LogP contribution in [0.25, 0.3) is 0 Å². The van der Waals surface area contributed by atoms with E-state index in [9.17, 15) is 5.21 Å². The summed E-state index contributed by atoms with van der Waals surface area (Å²) in [6.45, 7) is 4.58. The predicted molar refractivity (Wildman–Crippen MR) is 155 cm³/mol. The molecule has 0 aromatic heterocycles. The molecule has 0 saturated carbocycles. The minimum Gasteiger partial charge on any atom is -0.633 e. The molecule has 0 rings (SSSR count). The molecular weight excluding hydrogens is 414 g/mol. The fourth-order valence-corrected chi connectivity index (χ4v) is 5.38. The van der Waals surface area contributed by atoms with Crippen LogP contribution >= 0.6 is 0 Å². The molecule has 0 bridgehead atoms. The molecule has 0 N–H and O–H groups in total. The van der Waals surface area contributed by atoms with Crippen LogP contribution in [0.15, 0.2) is 0 Å².